The Hall–Kier alpha value is -1.97. The van der Waals surface area contributed by atoms with Gasteiger partial charge in [-0.05, 0) is 18.2 Å². The molecule has 1 aromatic heterocycles. The van der Waals surface area contributed by atoms with Crippen LogP contribution in [-0.4, -0.2) is 19.2 Å². The standard InChI is InChI=1S/C11H12N2O2/c1-14-7-3-4-8-9(5-7)10(12)6-13-11(8)15-2/h3-6H,12H2,1-2H3. The van der Waals surface area contributed by atoms with E-state index in [1.54, 1.807) is 20.4 Å². The molecule has 1 aromatic carbocycles. The summed E-state index contributed by atoms with van der Waals surface area (Å²) in [5.41, 5.74) is 6.45. The normalized spacial score (nSPS) is 10.3. The van der Waals surface area contributed by atoms with Gasteiger partial charge in [0.1, 0.15) is 5.75 Å². The molecule has 0 aliphatic heterocycles. The smallest absolute Gasteiger partial charge is 0.221 e. The monoisotopic (exact) mass is 204 g/mol. The van der Waals surface area contributed by atoms with Gasteiger partial charge in [0.15, 0.2) is 0 Å². The third kappa shape index (κ3) is 1.54. The fourth-order valence-corrected chi connectivity index (χ4v) is 1.51. The van der Waals surface area contributed by atoms with Crippen LogP contribution in [0.1, 0.15) is 0 Å². The van der Waals surface area contributed by atoms with Crippen molar-refractivity contribution in [1.29, 1.82) is 0 Å². The van der Waals surface area contributed by atoms with E-state index >= 15 is 0 Å². The van der Waals surface area contributed by atoms with E-state index in [9.17, 15) is 0 Å². The van der Waals surface area contributed by atoms with Crippen molar-refractivity contribution in [2.45, 2.75) is 0 Å². The van der Waals surface area contributed by atoms with Gasteiger partial charge in [0.2, 0.25) is 5.88 Å². The summed E-state index contributed by atoms with van der Waals surface area (Å²) in [5.74, 6) is 1.34. The van der Waals surface area contributed by atoms with Crippen molar-refractivity contribution in [3.05, 3.63) is 24.4 Å². The molecule has 0 saturated carbocycles. The zero-order valence-electron chi connectivity index (χ0n) is 8.65. The van der Waals surface area contributed by atoms with Crippen LogP contribution in [-0.2, 0) is 0 Å². The Morgan fingerprint density at radius 1 is 1.13 bits per heavy atom. The maximum absolute atomic E-state index is 5.83. The molecule has 78 valence electrons. The summed E-state index contributed by atoms with van der Waals surface area (Å²) in [4.78, 5) is 4.09. The number of rotatable bonds is 2. The lowest BCUT2D eigenvalue weighted by Gasteiger charge is -2.07. The average Bonchev–Trinajstić information content (AvgIpc) is 2.29. The Labute approximate surface area is 87.6 Å². The molecule has 4 nitrogen and oxygen atoms in total. The first-order chi connectivity index (χ1) is 7.26. The molecule has 0 unspecified atom stereocenters. The van der Waals surface area contributed by atoms with E-state index in [4.69, 9.17) is 15.2 Å². The highest BCUT2D eigenvalue weighted by Crippen LogP contribution is 2.30. The average molecular weight is 204 g/mol. The number of nitrogens with two attached hydrogens (primary N) is 1. The van der Waals surface area contributed by atoms with E-state index in [-0.39, 0.29) is 0 Å². The molecule has 4 heteroatoms. The summed E-state index contributed by atoms with van der Waals surface area (Å²) in [5, 5.41) is 1.78. The number of aromatic nitrogens is 1. The molecule has 2 aromatic rings. The van der Waals surface area contributed by atoms with Crippen LogP contribution in [0.15, 0.2) is 24.4 Å². The first kappa shape index (κ1) is 9.58. The van der Waals surface area contributed by atoms with E-state index in [0.717, 1.165) is 16.5 Å². The number of anilines is 1. The van der Waals surface area contributed by atoms with Crippen LogP contribution >= 0.6 is 0 Å². The van der Waals surface area contributed by atoms with Crippen LogP contribution in [0.2, 0.25) is 0 Å². The molecule has 0 atom stereocenters. The highest BCUT2D eigenvalue weighted by molar-refractivity contribution is 5.96. The second-order valence-electron chi connectivity index (χ2n) is 3.13. The minimum atomic E-state index is 0.571. The van der Waals surface area contributed by atoms with Gasteiger partial charge in [0.05, 0.1) is 26.1 Å². The molecule has 0 bridgehead atoms. The Morgan fingerprint density at radius 3 is 2.60 bits per heavy atom. The number of methoxy groups -OCH3 is 2. The maximum atomic E-state index is 5.83. The van der Waals surface area contributed by atoms with E-state index in [1.807, 2.05) is 18.2 Å². The van der Waals surface area contributed by atoms with Crippen LogP contribution in [0.3, 0.4) is 0 Å². The van der Waals surface area contributed by atoms with Gasteiger partial charge < -0.3 is 15.2 Å². The number of benzene rings is 1. The molecule has 0 saturated heterocycles. The number of fused-ring (bicyclic) bond motifs is 1. The van der Waals surface area contributed by atoms with Crippen molar-refractivity contribution in [3.8, 4) is 11.6 Å². The lowest BCUT2D eigenvalue weighted by Crippen LogP contribution is -1.94. The zero-order valence-corrected chi connectivity index (χ0v) is 8.65. The summed E-state index contributed by atoms with van der Waals surface area (Å²) < 4.78 is 10.3. The van der Waals surface area contributed by atoms with Crippen LogP contribution in [0, 0.1) is 0 Å². The van der Waals surface area contributed by atoms with Crippen molar-refractivity contribution in [3.63, 3.8) is 0 Å². The molecule has 0 fully saturated rings. The summed E-state index contributed by atoms with van der Waals surface area (Å²) in [6.45, 7) is 0. The third-order valence-corrected chi connectivity index (χ3v) is 2.28. The van der Waals surface area contributed by atoms with Crippen LogP contribution in [0.4, 0.5) is 5.69 Å². The van der Waals surface area contributed by atoms with E-state index in [1.165, 1.54) is 0 Å². The fourth-order valence-electron chi connectivity index (χ4n) is 1.51. The predicted molar refractivity (Wildman–Crippen MR) is 59.3 cm³/mol. The summed E-state index contributed by atoms with van der Waals surface area (Å²) in [6, 6.07) is 5.61. The van der Waals surface area contributed by atoms with Gasteiger partial charge >= 0.3 is 0 Å². The molecule has 1 heterocycles. The number of hydrogen-bond donors (Lipinski definition) is 1. The second-order valence-corrected chi connectivity index (χ2v) is 3.13. The Bertz CT molecular complexity index is 497. The number of nitrogens with zero attached hydrogens (tertiary/aromatic N) is 1. The summed E-state index contributed by atoms with van der Waals surface area (Å²) in [7, 11) is 3.21. The van der Waals surface area contributed by atoms with Crippen LogP contribution < -0.4 is 15.2 Å². The van der Waals surface area contributed by atoms with Crippen LogP contribution in [0.25, 0.3) is 10.8 Å². The molecular formula is C11H12N2O2. The van der Waals surface area contributed by atoms with Crippen LogP contribution in [0.5, 0.6) is 11.6 Å². The molecule has 0 aliphatic carbocycles. The fraction of sp³-hybridized carbons (Fsp3) is 0.182. The highest BCUT2D eigenvalue weighted by Gasteiger charge is 2.06. The van der Waals surface area contributed by atoms with Crippen molar-refractivity contribution in [1.82, 2.24) is 4.98 Å². The van der Waals surface area contributed by atoms with Gasteiger partial charge in [-0.3, -0.25) is 0 Å². The maximum Gasteiger partial charge on any atom is 0.221 e. The molecule has 0 amide bonds. The molecule has 0 radical (unpaired) electrons. The van der Waals surface area contributed by atoms with E-state index in [0.29, 0.717) is 11.6 Å². The molecule has 2 rings (SSSR count). The molecular weight excluding hydrogens is 192 g/mol. The van der Waals surface area contributed by atoms with Crippen molar-refractivity contribution in [2.75, 3.05) is 20.0 Å². The zero-order chi connectivity index (χ0) is 10.8. The first-order valence-corrected chi connectivity index (χ1v) is 4.52. The first-order valence-electron chi connectivity index (χ1n) is 4.52. The highest BCUT2D eigenvalue weighted by atomic mass is 16.5. The second kappa shape index (κ2) is 3.65. The third-order valence-electron chi connectivity index (χ3n) is 2.28. The van der Waals surface area contributed by atoms with Gasteiger partial charge in [0.25, 0.3) is 0 Å². The Balaban J connectivity index is 2.75. The Morgan fingerprint density at radius 2 is 1.93 bits per heavy atom. The van der Waals surface area contributed by atoms with Crippen molar-refractivity contribution in [2.24, 2.45) is 0 Å². The summed E-state index contributed by atoms with van der Waals surface area (Å²) in [6.07, 6.45) is 1.58. The SMILES string of the molecule is COc1ccc2c(OC)ncc(N)c2c1. The van der Waals surface area contributed by atoms with Gasteiger partial charge in [-0.25, -0.2) is 4.98 Å². The number of nitrogen functional groups attached to an aromatic ring is 1. The van der Waals surface area contributed by atoms with E-state index < -0.39 is 0 Å². The molecule has 2 N–H and O–H groups in total. The quantitative estimate of drug-likeness (QED) is 0.810. The molecule has 15 heavy (non-hydrogen) atoms. The lowest BCUT2D eigenvalue weighted by molar-refractivity contribution is 0.403. The number of ether oxygens (including phenoxy) is 2. The Kier molecular flexibility index (Phi) is 2.33. The van der Waals surface area contributed by atoms with Gasteiger partial charge in [-0.1, -0.05) is 0 Å². The van der Waals surface area contributed by atoms with Crippen molar-refractivity contribution >= 4 is 16.5 Å². The molecule has 0 aliphatic rings. The lowest BCUT2D eigenvalue weighted by atomic mass is 10.1. The molecule has 0 spiro atoms. The minimum Gasteiger partial charge on any atom is -0.497 e. The summed E-state index contributed by atoms with van der Waals surface area (Å²) >= 11 is 0. The van der Waals surface area contributed by atoms with E-state index in [2.05, 4.69) is 4.98 Å². The number of pyridine rings is 1. The van der Waals surface area contributed by atoms with Crippen molar-refractivity contribution < 1.29 is 9.47 Å². The number of hydrogen-bond acceptors (Lipinski definition) is 4. The predicted octanol–water partition coefficient (Wildman–Crippen LogP) is 1.83. The topological polar surface area (TPSA) is 57.4 Å². The largest absolute Gasteiger partial charge is 0.497 e. The van der Waals surface area contributed by atoms with Gasteiger partial charge in [-0.15, -0.1) is 0 Å². The van der Waals surface area contributed by atoms with Gasteiger partial charge in [0, 0.05) is 10.8 Å². The van der Waals surface area contributed by atoms with Gasteiger partial charge in [-0.2, -0.15) is 0 Å². The minimum absolute atomic E-state index is 0.571.